The van der Waals surface area contributed by atoms with E-state index in [9.17, 15) is 4.79 Å². The molecular weight excluding hydrogens is 264 g/mol. The number of carbonyl (C=O) groups excluding carboxylic acids is 1. The highest BCUT2D eigenvalue weighted by atomic mass is 16.2. The van der Waals surface area contributed by atoms with Crippen molar-refractivity contribution in [2.24, 2.45) is 17.4 Å². The maximum atomic E-state index is 11.9. The Bertz CT molecular complexity index is 458. The summed E-state index contributed by atoms with van der Waals surface area (Å²) < 4.78 is 0. The molecular formula is C16H26N4O. The zero-order valence-electron chi connectivity index (χ0n) is 12.6. The molecule has 0 bridgehead atoms. The molecule has 5 nitrogen and oxygen atoms in total. The number of nitrogens with two attached hydrogens (primary N) is 2. The van der Waals surface area contributed by atoms with Crippen molar-refractivity contribution in [1.29, 1.82) is 0 Å². The Hall–Kier alpha value is -1.59. The molecule has 2 rings (SSSR count). The molecule has 1 aromatic rings. The van der Waals surface area contributed by atoms with E-state index in [0.29, 0.717) is 19.0 Å². The molecule has 0 aliphatic heterocycles. The van der Waals surface area contributed by atoms with Crippen molar-refractivity contribution in [3.63, 3.8) is 0 Å². The molecule has 6 N–H and O–H groups in total. The van der Waals surface area contributed by atoms with Gasteiger partial charge in [0.25, 0.3) is 0 Å². The van der Waals surface area contributed by atoms with E-state index in [1.165, 1.54) is 0 Å². The summed E-state index contributed by atoms with van der Waals surface area (Å²) in [6, 6.07) is 8.13. The Morgan fingerprint density at radius 3 is 2.67 bits per heavy atom. The van der Waals surface area contributed by atoms with Crippen LogP contribution in [-0.2, 0) is 6.54 Å². The van der Waals surface area contributed by atoms with Gasteiger partial charge in [0.15, 0.2) is 0 Å². The van der Waals surface area contributed by atoms with Crippen molar-refractivity contribution < 1.29 is 4.79 Å². The van der Waals surface area contributed by atoms with E-state index in [2.05, 4.69) is 10.6 Å². The number of urea groups is 1. The quantitative estimate of drug-likeness (QED) is 0.664. The molecule has 1 saturated carbocycles. The fraction of sp³-hybridized carbons (Fsp3) is 0.562. The van der Waals surface area contributed by atoms with Crippen LogP contribution in [0.5, 0.6) is 0 Å². The van der Waals surface area contributed by atoms with Gasteiger partial charge in [0.2, 0.25) is 0 Å². The van der Waals surface area contributed by atoms with Crippen LogP contribution in [0.15, 0.2) is 24.3 Å². The van der Waals surface area contributed by atoms with Gasteiger partial charge in [-0.25, -0.2) is 4.79 Å². The normalized spacial score (nSPS) is 22.8. The van der Waals surface area contributed by atoms with Gasteiger partial charge in [0.05, 0.1) is 0 Å². The van der Waals surface area contributed by atoms with Crippen LogP contribution in [0.25, 0.3) is 0 Å². The van der Waals surface area contributed by atoms with Gasteiger partial charge in [-0.1, -0.05) is 30.7 Å². The molecule has 2 unspecified atom stereocenters. The molecule has 0 aromatic heterocycles. The molecule has 5 heteroatoms. The van der Waals surface area contributed by atoms with Crippen molar-refractivity contribution in [3.8, 4) is 0 Å². The highest BCUT2D eigenvalue weighted by molar-refractivity contribution is 5.74. The fourth-order valence-corrected chi connectivity index (χ4v) is 2.85. The van der Waals surface area contributed by atoms with Crippen molar-refractivity contribution >= 4 is 6.03 Å². The van der Waals surface area contributed by atoms with Gasteiger partial charge in [0.1, 0.15) is 0 Å². The molecule has 2 amide bonds. The summed E-state index contributed by atoms with van der Waals surface area (Å²) in [5, 5.41) is 5.93. The average molecular weight is 290 g/mol. The first-order valence-corrected chi connectivity index (χ1v) is 7.69. The van der Waals surface area contributed by atoms with Gasteiger partial charge in [-0.05, 0) is 43.4 Å². The second kappa shape index (κ2) is 7.43. The monoisotopic (exact) mass is 290 g/mol. The van der Waals surface area contributed by atoms with E-state index in [4.69, 9.17) is 11.5 Å². The minimum absolute atomic E-state index is 0.0332. The van der Waals surface area contributed by atoms with Crippen LogP contribution in [0, 0.1) is 5.92 Å². The third-order valence-corrected chi connectivity index (χ3v) is 4.24. The van der Waals surface area contributed by atoms with Crippen molar-refractivity contribution in [2.45, 2.75) is 44.8 Å². The summed E-state index contributed by atoms with van der Waals surface area (Å²) in [5.74, 6) is 0.418. The number of rotatable bonds is 5. The van der Waals surface area contributed by atoms with Gasteiger partial charge >= 0.3 is 6.03 Å². The maximum absolute atomic E-state index is 11.9. The Morgan fingerprint density at radius 2 is 2.05 bits per heavy atom. The molecule has 0 radical (unpaired) electrons. The average Bonchev–Trinajstić information content (AvgIpc) is 2.92. The minimum atomic E-state index is -0.114. The van der Waals surface area contributed by atoms with Crippen molar-refractivity contribution in [1.82, 2.24) is 10.6 Å². The Morgan fingerprint density at radius 1 is 1.33 bits per heavy atom. The Kier molecular flexibility index (Phi) is 5.59. The number of benzene rings is 1. The lowest BCUT2D eigenvalue weighted by Crippen LogP contribution is -2.44. The first kappa shape index (κ1) is 15.8. The molecule has 1 fully saturated rings. The second-order valence-corrected chi connectivity index (χ2v) is 5.89. The van der Waals surface area contributed by atoms with E-state index in [1.54, 1.807) is 0 Å². The summed E-state index contributed by atoms with van der Waals surface area (Å²) in [7, 11) is 0. The minimum Gasteiger partial charge on any atom is -0.335 e. The SMILES string of the molecule is C[C@@H](N)c1ccc(CNC(=O)NC2CCCC2CN)cc1. The number of hydrogen-bond acceptors (Lipinski definition) is 3. The van der Waals surface area contributed by atoms with Crippen LogP contribution in [0.4, 0.5) is 4.79 Å². The third-order valence-electron chi connectivity index (χ3n) is 4.24. The lowest BCUT2D eigenvalue weighted by atomic mass is 10.0. The second-order valence-electron chi connectivity index (χ2n) is 5.89. The molecule has 116 valence electrons. The van der Waals surface area contributed by atoms with Gasteiger partial charge in [0, 0.05) is 18.6 Å². The van der Waals surface area contributed by atoms with Gasteiger partial charge in [-0.3, -0.25) is 0 Å². The number of hydrogen-bond donors (Lipinski definition) is 4. The predicted molar refractivity (Wildman–Crippen MR) is 84.6 cm³/mol. The molecule has 3 atom stereocenters. The highest BCUT2D eigenvalue weighted by Crippen LogP contribution is 2.24. The van der Waals surface area contributed by atoms with Gasteiger partial charge in [-0.15, -0.1) is 0 Å². The highest BCUT2D eigenvalue weighted by Gasteiger charge is 2.27. The molecule has 1 aliphatic carbocycles. The van der Waals surface area contributed by atoms with Gasteiger partial charge < -0.3 is 22.1 Å². The topological polar surface area (TPSA) is 93.2 Å². The van der Waals surface area contributed by atoms with Gasteiger partial charge in [-0.2, -0.15) is 0 Å². The number of carbonyl (C=O) groups is 1. The summed E-state index contributed by atoms with van der Waals surface area (Å²) in [6.07, 6.45) is 3.28. The van der Waals surface area contributed by atoms with E-state index < -0.39 is 0 Å². The number of nitrogens with one attached hydrogen (secondary N) is 2. The summed E-state index contributed by atoms with van der Waals surface area (Å²) >= 11 is 0. The van der Waals surface area contributed by atoms with Crippen LogP contribution < -0.4 is 22.1 Å². The van der Waals surface area contributed by atoms with Crippen LogP contribution in [-0.4, -0.2) is 18.6 Å². The van der Waals surface area contributed by atoms with E-state index >= 15 is 0 Å². The van der Waals surface area contributed by atoms with E-state index in [1.807, 2.05) is 31.2 Å². The zero-order valence-corrected chi connectivity index (χ0v) is 12.6. The summed E-state index contributed by atoms with van der Waals surface area (Å²) in [5.41, 5.74) is 13.7. The van der Waals surface area contributed by atoms with Crippen LogP contribution in [0.1, 0.15) is 43.4 Å². The fourth-order valence-electron chi connectivity index (χ4n) is 2.85. The van der Waals surface area contributed by atoms with Crippen molar-refractivity contribution in [3.05, 3.63) is 35.4 Å². The Labute approximate surface area is 126 Å². The zero-order chi connectivity index (χ0) is 15.2. The third kappa shape index (κ3) is 4.44. The first-order valence-electron chi connectivity index (χ1n) is 7.69. The standard InChI is InChI=1S/C16H26N4O/c1-11(18)13-7-5-12(6-8-13)10-19-16(21)20-15-4-2-3-14(15)9-17/h5-8,11,14-15H,2-4,9-10,17-18H2,1H3,(H2,19,20,21)/t11-,14?,15?/m1/s1. The van der Waals surface area contributed by atoms with Crippen LogP contribution in [0.3, 0.4) is 0 Å². The molecule has 1 aromatic carbocycles. The van der Waals surface area contributed by atoms with E-state index in [0.717, 1.165) is 30.4 Å². The molecule has 0 saturated heterocycles. The first-order chi connectivity index (χ1) is 10.1. The predicted octanol–water partition coefficient (Wildman–Crippen LogP) is 1.63. The summed E-state index contributed by atoms with van der Waals surface area (Å²) in [6.45, 7) is 3.12. The van der Waals surface area contributed by atoms with Crippen molar-refractivity contribution in [2.75, 3.05) is 6.54 Å². The van der Waals surface area contributed by atoms with Crippen LogP contribution in [0.2, 0.25) is 0 Å². The number of amides is 2. The smallest absolute Gasteiger partial charge is 0.315 e. The lowest BCUT2D eigenvalue weighted by molar-refractivity contribution is 0.233. The lowest BCUT2D eigenvalue weighted by Gasteiger charge is -2.19. The largest absolute Gasteiger partial charge is 0.335 e. The maximum Gasteiger partial charge on any atom is 0.315 e. The molecule has 21 heavy (non-hydrogen) atoms. The molecule has 0 spiro atoms. The van der Waals surface area contributed by atoms with Crippen LogP contribution >= 0.6 is 0 Å². The molecule has 0 heterocycles. The Balaban J connectivity index is 1.78. The summed E-state index contributed by atoms with van der Waals surface area (Å²) in [4.78, 5) is 11.9. The van der Waals surface area contributed by atoms with E-state index in [-0.39, 0.29) is 18.1 Å². The molecule has 1 aliphatic rings.